The molecule has 1 aliphatic rings. The molecule has 0 aromatic heterocycles. The number of carboxylic acids is 1. The number of benzene rings is 3. The Morgan fingerprint density at radius 3 is 2.57 bits per heavy atom. The van der Waals surface area contributed by atoms with Gasteiger partial charge in [-0.1, -0.05) is 36.4 Å². The molecule has 0 saturated carbocycles. The van der Waals surface area contributed by atoms with Crippen molar-refractivity contribution in [3.8, 4) is 22.6 Å². The predicted molar refractivity (Wildman–Crippen MR) is 118 cm³/mol. The van der Waals surface area contributed by atoms with E-state index in [2.05, 4.69) is 25.1 Å². The Hall–Kier alpha value is -3.27. The van der Waals surface area contributed by atoms with Gasteiger partial charge in [0.2, 0.25) is 0 Å². The van der Waals surface area contributed by atoms with Gasteiger partial charge in [0, 0.05) is 6.42 Å². The zero-order valence-corrected chi connectivity index (χ0v) is 17.4. The molecule has 0 radical (unpaired) electrons. The topological polar surface area (TPSA) is 55.8 Å². The molecule has 4 nitrogen and oxygen atoms in total. The monoisotopic (exact) mass is 402 g/mol. The Labute approximate surface area is 177 Å². The molecule has 0 unspecified atom stereocenters. The molecule has 1 N–H and O–H groups in total. The minimum Gasteiger partial charge on any atom is -0.494 e. The highest BCUT2D eigenvalue weighted by Gasteiger charge is 2.32. The minimum atomic E-state index is -0.922. The summed E-state index contributed by atoms with van der Waals surface area (Å²) in [4.78, 5) is 11.3. The summed E-state index contributed by atoms with van der Waals surface area (Å²) in [5.74, 6) is 0.844. The van der Waals surface area contributed by atoms with Gasteiger partial charge in [0.1, 0.15) is 17.1 Å². The average Bonchev–Trinajstić information content (AvgIpc) is 2.75. The van der Waals surface area contributed by atoms with Gasteiger partial charge < -0.3 is 14.6 Å². The van der Waals surface area contributed by atoms with Crippen LogP contribution in [-0.4, -0.2) is 23.3 Å². The summed E-state index contributed by atoms with van der Waals surface area (Å²) in [5.41, 5.74) is 4.24. The number of aromatic carboxylic acids is 1. The summed E-state index contributed by atoms with van der Waals surface area (Å²) in [6.45, 7) is 4.80. The predicted octanol–water partition coefficient (Wildman–Crippen LogP) is 5.78. The molecule has 3 aromatic rings. The second kappa shape index (κ2) is 8.23. The first-order valence-electron chi connectivity index (χ1n) is 10.3. The summed E-state index contributed by atoms with van der Waals surface area (Å²) >= 11 is 0. The highest BCUT2D eigenvalue weighted by Crippen LogP contribution is 2.38. The van der Waals surface area contributed by atoms with E-state index in [0.29, 0.717) is 6.61 Å². The Bertz CT molecular complexity index is 1050. The third kappa shape index (κ3) is 4.33. The van der Waals surface area contributed by atoms with Crippen molar-refractivity contribution in [2.45, 2.75) is 38.7 Å². The minimum absolute atomic E-state index is 0.284. The van der Waals surface area contributed by atoms with Crippen LogP contribution in [0.5, 0.6) is 11.5 Å². The molecule has 154 valence electrons. The highest BCUT2D eigenvalue weighted by atomic mass is 16.5. The van der Waals surface area contributed by atoms with Gasteiger partial charge in [-0.05, 0) is 79.3 Å². The first-order valence-corrected chi connectivity index (χ1v) is 10.3. The fourth-order valence-corrected chi connectivity index (χ4v) is 4.01. The summed E-state index contributed by atoms with van der Waals surface area (Å²) in [6.07, 6.45) is 2.72. The second-order valence-electron chi connectivity index (χ2n) is 8.01. The molecule has 0 amide bonds. The molecule has 0 fully saturated rings. The molecule has 1 aliphatic heterocycles. The Kier molecular flexibility index (Phi) is 5.49. The van der Waals surface area contributed by atoms with Gasteiger partial charge in [0.15, 0.2) is 0 Å². The normalized spacial score (nSPS) is 17.7. The molecule has 0 spiro atoms. The molecular formula is C26H26O4. The van der Waals surface area contributed by atoms with E-state index in [9.17, 15) is 9.90 Å². The lowest BCUT2D eigenvalue weighted by Gasteiger charge is -2.36. The highest BCUT2D eigenvalue weighted by molar-refractivity contribution is 5.89. The van der Waals surface area contributed by atoms with Gasteiger partial charge in [-0.2, -0.15) is 0 Å². The summed E-state index contributed by atoms with van der Waals surface area (Å²) in [6, 6.07) is 21.4. The van der Waals surface area contributed by atoms with Crippen molar-refractivity contribution in [2.75, 3.05) is 6.61 Å². The van der Waals surface area contributed by atoms with Crippen LogP contribution >= 0.6 is 0 Å². The maximum atomic E-state index is 11.3. The van der Waals surface area contributed by atoms with E-state index in [-0.39, 0.29) is 11.2 Å². The third-order valence-electron chi connectivity index (χ3n) is 5.60. The van der Waals surface area contributed by atoms with Gasteiger partial charge in [-0.3, -0.25) is 0 Å². The molecule has 0 bridgehead atoms. The average molecular weight is 402 g/mol. The number of carbonyl (C=O) groups is 1. The quantitative estimate of drug-likeness (QED) is 0.568. The maximum absolute atomic E-state index is 11.3. The van der Waals surface area contributed by atoms with Crippen molar-refractivity contribution in [1.82, 2.24) is 0 Å². The van der Waals surface area contributed by atoms with E-state index < -0.39 is 5.97 Å². The number of aryl methyl sites for hydroxylation is 1. The van der Waals surface area contributed by atoms with Crippen LogP contribution in [0.4, 0.5) is 0 Å². The molecule has 3 aromatic carbocycles. The zero-order chi connectivity index (χ0) is 21.1. The van der Waals surface area contributed by atoms with Crippen LogP contribution in [0.25, 0.3) is 11.1 Å². The van der Waals surface area contributed by atoms with E-state index in [1.807, 2.05) is 37.3 Å². The van der Waals surface area contributed by atoms with Crippen LogP contribution in [0.15, 0.2) is 66.7 Å². The lowest BCUT2D eigenvalue weighted by Crippen LogP contribution is -2.38. The van der Waals surface area contributed by atoms with Gasteiger partial charge in [-0.25, -0.2) is 4.79 Å². The standard InChI is InChI=1S/C26H26O4/c1-3-29-23-11-7-18(8-12-23)17-26(2)14-13-19-9-10-21(16-24(19)30-26)20-5-4-6-22(15-20)25(27)28/h4-12,15-16H,3,13-14,17H2,1-2H3,(H,27,28)/t26-/m1/s1. The smallest absolute Gasteiger partial charge is 0.335 e. The molecule has 1 atom stereocenters. The van der Waals surface area contributed by atoms with Crippen molar-refractivity contribution in [1.29, 1.82) is 0 Å². The lowest BCUT2D eigenvalue weighted by molar-refractivity contribution is 0.0654. The number of hydrogen-bond acceptors (Lipinski definition) is 3. The number of carboxylic acid groups (broad SMARTS) is 1. The molecule has 4 rings (SSSR count). The zero-order valence-electron chi connectivity index (χ0n) is 17.4. The van der Waals surface area contributed by atoms with E-state index in [1.54, 1.807) is 18.2 Å². The van der Waals surface area contributed by atoms with Gasteiger partial charge in [-0.15, -0.1) is 0 Å². The molecular weight excluding hydrogens is 376 g/mol. The lowest BCUT2D eigenvalue weighted by atomic mass is 9.86. The van der Waals surface area contributed by atoms with Crippen LogP contribution in [0.2, 0.25) is 0 Å². The van der Waals surface area contributed by atoms with Crippen molar-refractivity contribution in [3.63, 3.8) is 0 Å². The number of rotatable bonds is 6. The Balaban J connectivity index is 1.56. The largest absolute Gasteiger partial charge is 0.494 e. The van der Waals surface area contributed by atoms with Gasteiger partial charge >= 0.3 is 5.97 Å². The fraction of sp³-hybridized carbons (Fsp3) is 0.269. The van der Waals surface area contributed by atoms with Gasteiger partial charge in [0.05, 0.1) is 12.2 Å². The fourth-order valence-electron chi connectivity index (χ4n) is 4.01. The summed E-state index contributed by atoms with van der Waals surface area (Å²) in [5, 5.41) is 9.27. The number of fused-ring (bicyclic) bond motifs is 1. The van der Waals surface area contributed by atoms with Crippen molar-refractivity contribution in [2.24, 2.45) is 0 Å². The summed E-state index contributed by atoms with van der Waals surface area (Å²) in [7, 11) is 0. The van der Waals surface area contributed by atoms with Crippen molar-refractivity contribution >= 4 is 5.97 Å². The molecule has 0 aliphatic carbocycles. The van der Waals surface area contributed by atoms with Crippen molar-refractivity contribution in [3.05, 3.63) is 83.4 Å². The Morgan fingerprint density at radius 1 is 1.07 bits per heavy atom. The van der Waals surface area contributed by atoms with Crippen LogP contribution < -0.4 is 9.47 Å². The first kappa shape index (κ1) is 20.0. The third-order valence-corrected chi connectivity index (χ3v) is 5.60. The first-order chi connectivity index (χ1) is 14.5. The Morgan fingerprint density at radius 2 is 1.83 bits per heavy atom. The molecule has 4 heteroatoms. The van der Waals surface area contributed by atoms with E-state index in [0.717, 1.165) is 41.9 Å². The summed E-state index contributed by atoms with van der Waals surface area (Å²) < 4.78 is 12.0. The van der Waals surface area contributed by atoms with E-state index in [4.69, 9.17) is 9.47 Å². The van der Waals surface area contributed by atoms with Gasteiger partial charge in [0.25, 0.3) is 0 Å². The maximum Gasteiger partial charge on any atom is 0.335 e. The van der Waals surface area contributed by atoms with E-state index >= 15 is 0 Å². The van der Waals surface area contributed by atoms with E-state index in [1.165, 1.54) is 11.1 Å². The van der Waals surface area contributed by atoms with Crippen LogP contribution in [0.3, 0.4) is 0 Å². The second-order valence-corrected chi connectivity index (χ2v) is 8.01. The number of hydrogen-bond donors (Lipinski definition) is 1. The number of ether oxygens (including phenoxy) is 2. The van der Waals surface area contributed by atoms with Crippen LogP contribution in [0.1, 0.15) is 41.8 Å². The molecule has 30 heavy (non-hydrogen) atoms. The van der Waals surface area contributed by atoms with Crippen molar-refractivity contribution < 1.29 is 19.4 Å². The van der Waals surface area contributed by atoms with Crippen LogP contribution in [0, 0.1) is 0 Å². The molecule has 0 saturated heterocycles. The molecule has 1 heterocycles. The SMILES string of the molecule is CCOc1ccc(C[C@@]2(C)CCc3ccc(-c4cccc(C(=O)O)c4)cc3O2)cc1. The van der Waals surface area contributed by atoms with Crippen LogP contribution in [-0.2, 0) is 12.8 Å².